The van der Waals surface area contributed by atoms with Gasteiger partial charge in [-0.25, -0.2) is 17.4 Å². The highest BCUT2D eigenvalue weighted by Gasteiger charge is 2.29. The van der Waals surface area contributed by atoms with Crippen molar-refractivity contribution in [1.82, 2.24) is 14.1 Å². The summed E-state index contributed by atoms with van der Waals surface area (Å²) < 4.78 is 26.0. The van der Waals surface area contributed by atoms with E-state index in [2.05, 4.69) is 5.10 Å². The van der Waals surface area contributed by atoms with Crippen LogP contribution in [0.25, 0.3) is 0 Å². The molecule has 0 spiro atoms. The van der Waals surface area contributed by atoms with Crippen molar-refractivity contribution < 1.29 is 8.42 Å². The van der Waals surface area contributed by atoms with Crippen molar-refractivity contribution in [3.8, 4) is 0 Å². The van der Waals surface area contributed by atoms with E-state index in [1.165, 1.54) is 10.6 Å². The second-order valence-corrected chi connectivity index (χ2v) is 7.69. The molecule has 3 rings (SSSR count). The standard InChI is InChI=1S/C13H19N3O3S/c1-20(18,19)15-8-6-11(7-9-15)16-13(17)5-4-12(14-16)10-2-3-10/h4-5,10-11H,2-3,6-9H2,1H3. The number of sulfonamides is 1. The van der Waals surface area contributed by atoms with Crippen LogP contribution in [0, 0.1) is 0 Å². The Hall–Kier alpha value is -1.21. The highest BCUT2D eigenvalue weighted by molar-refractivity contribution is 7.88. The molecule has 1 saturated heterocycles. The maximum Gasteiger partial charge on any atom is 0.267 e. The fraction of sp³-hybridized carbons (Fsp3) is 0.692. The Bertz CT molecular complexity index is 656. The van der Waals surface area contributed by atoms with Gasteiger partial charge in [-0.05, 0) is 31.7 Å². The molecule has 110 valence electrons. The second-order valence-electron chi connectivity index (χ2n) is 5.71. The Labute approximate surface area is 118 Å². The normalized spacial score (nSPS) is 22.1. The van der Waals surface area contributed by atoms with Crippen molar-refractivity contribution in [1.29, 1.82) is 0 Å². The molecule has 2 fully saturated rings. The van der Waals surface area contributed by atoms with Crippen LogP contribution in [0.2, 0.25) is 0 Å². The first-order valence-electron chi connectivity index (χ1n) is 7.00. The van der Waals surface area contributed by atoms with Crippen LogP contribution in [0.15, 0.2) is 16.9 Å². The lowest BCUT2D eigenvalue weighted by atomic mass is 10.1. The second kappa shape index (κ2) is 4.96. The summed E-state index contributed by atoms with van der Waals surface area (Å²) in [6.07, 6.45) is 4.82. The van der Waals surface area contributed by atoms with E-state index in [9.17, 15) is 13.2 Å². The molecule has 0 N–H and O–H groups in total. The van der Waals surface area contributed by atoms with Crippen LogP contribution >= 0.6 is 0 Å². The zero-order valence-corrected chi connectivity index (χ0v) is 12.3. The molecule has 2 aliphatic rings. The zero-order chi connectivity index (χ0) is 14.3. The van der Waals surface area contributed by atoms with Gasteiger partial charge in [-0.2, -0.15) is 5.10 Å². The van der Waals surface area contributed by atoms with Crippen molar-refractivity contribution in [3.63, 3.8) is 0 Å². The van der Waals surface area contributed by atoms with Crippen LogP contribution in [0.5, 0.6) is 0 Å². The highest BCUT2D eigenvalue weighted by atomic mass is 32.2. The Kier molecular flexibility index (Phi) is 3.41. The average molecular weight is 297 g/mol. The zero-order valence-electron chi connectivity index (χ0n) is 11.5. The summed E-state index contributed by atoms with van der Waals surface area (Å²) in [5.74, 6) is 0.512. The number of hydrogen-bond acceptors (Lipinski definition) is 4. The largest absolute Gasteiger partial charge is 0.268 e. The SMILES string of the molecule is CS(=O)(=O)N1CCC(n2nc(C3CC3)ccc2=O)CC1. The third kappa shape index (κ3) is 2.78. The van der Waals surface area contributed by atoms with Gasteiger partial charge in [0.1, 0.15) is 0 Å². The van der Waals surface area contributed by atoms with E-state index in [-0.39, 0.29) is 11.6 Å². The summed E-state index contributed by atoms with van der Waals surface area (Å²) in [7, 11) is -3.13. The predicted octanol–water partition coefficient (Wildman–Crippen LogP) is 0.717. The summed E-state index contributed by atoms with van der Waals surface area (Å²) in [5.41, 5.74) is 0.905. The van der Waals surface area contributed by atoms with Crippen LogP contribution < -0.4 is 5.56 Å². The molecule has 0 unspecified atom stereocenters. The van der Waals surface area contributed by atoms with Crippen molar-refractivity contribution in [2.75, 3.05) is 19.3 Å². The maximum atomic E-state index is 12.0. The first-order chi connectivity index (χ1) is 9.45. The van der Waals surface area contributed by atoms with Gasteiger partial charge in [-0.3, -0.25) is 4.79 Å². The van der Waals surface area contributed by atoms with Gasteiger partial charge < -0.3 is 0 Å². The molecule has 0 radical (unpaired) electrons. The van der Waals surface area contributed by atoms with E-state index >= 15 is 0 Å². The van der Waals surface area contributed by atoms with Gasteiger partial charge in [0.15, 0.2) is 0 Å². The smallest absolute Gasteiger partial charge is 0.267 e. The van der Waals surface area contributed by atoms with Crippen LogP contribution in [0.1, 0.15) is 43.3 Å². The molecule has 6 nitrogen and oxygen atoms in total. The minimum atomic E-state index is -3.13. The topological polar surface area (TPSA) is 72.3 Å². The summed E-state index contributed by atoms with van der Waals surface area (Å²) in [5, 5.41) is 4.48. The number of rotatable bonds is 3. The summed E-state index contributed by atoms with van der Waals surface area (Å²) in [6.45, 7) is 0.927. The first kappa shape index (κ1) is 13.8. The van der Waals surface area contributed by atoms with Crippen LogP contribution in [0.3, 0.4) is 0 Å². The molecule has 1 aromatic rings. The fourth-order valence-electron chi connectivity index (χ4n) is 2.72. The van der Waals surface area contributed by atoms with Crippen LogP contribution in [0.4, 0.5) is 0 Å². The van der Waals surface area contributed by atoms with Crippen molar-refractivity contribution >= 4 is 10.0 Å². The lowest BCUT2D eigenvalue weighted by Gasteiger charge is -2.30. The molecular weight excluding hydrogens is 278 g/mol. The maximum absolute atomic E-state index is 12.0. The highest BCUT2D eigenvalue weighted by Crippen LogP contribution is 2.38. The van der Waals surface area contributed by atoms with E-state index in [0.29, 0.717) is 31.8 Å². The number of aromatic nitrogens is 2. The van der Waals surface area contributed by atoms with E-state index < -0.39 is 10.0 Å². The van der Waals surface area contributed by atoms with Gasteiger partial charge >= 0.3 is 0 Å². The van der Waals surface area contributed by atoms with E-state index in [1.807, 2.05) is 6.07 Å². The average Bonchev–Trinajstić information content (AvgIpc) is 3.23. The molecule has 0 bridgehead atoms. The summed E-state index contributed by atoms with van der Waals surface area (Å²) >= 11 is 0. The van der Waals surface area contributed by atoms with Crippen LogP contribution in [-0.4, -0.2) is 41.8 Å². The van der Waals surface area contributed by atoms with E-state index in [1.54, 1.807) is 10.7 Å². The quantitative estimate of drug-likeness (QED) is 0.824. The number of hydrogen-bond donors (Lipinski definition) is 0. The molecule has 1 saturated carbocycles. The van der Waals surface area contributed by atoms with Gasteiger partial charge in [-0.1, -0.05) is 0 Å². The molecular formula is C13H19N3O3S. The molecule has 0 amide bonds. The molecule has 7 heteroatoms. The van der Waals surface area contributed by atoms with Gasteiger partial charge in [0.2, 0.25) is 10.0 Å². The van der Waals surface area contributed by atoms with Gasteiger partial charge in [0.25, 0.3) is 5.56 Å². The van der Waals surface area contributed by atoms with Crippen molar-refractivity contribution in [2.45, 2.75) is 37.6 Å². The molecule has 1 aliphatic carbocycles. The third-order valence-electron chi connectivity index (χ3n) is 4.08. The Morgan fingerprint density at radius 3 is 2.35 bits per heavy atom. The molecule has 1 aromatic heterocycles. The van der Waals surface area contributed by atoms with Crippen molar-refractivity contribution in [3.05, 3.63) is 28.2 Å². The minimum Gasteiger partial charge on any atom is -0.268 e. The van der Waals surface area contributed by atoms with Gasteiger partial charge in [0.05, 0.1) is 18.0 Å². The number of piperidine rings is 1. The van der Waals surface area contributed by atoms with Crippen LogP contribution in [-0.2, 0) is 10.0 Å². The molecule has 0 atom stereocenters. The summed E-state index contributed by atoms with van der Waals surface area (Å²) in [6, 6.07) is 3.42. The Morgan fingerprint density at radius 2 is 1.80 bits per heavy atom. The molecule has 0 aromatic carbocycles. The Morgan fingerprint density at radius 1 is 1.15 bits per heavy atom. The lowest BCUT2D eigenvalue weighted by molar-refractivity contribution is 0.255. The molecule has 2 heterocycles. The minimum absolute atomic E-state index is 0.0131. The van der Waals surface area contributed by atoms with E-state index in [0.717, 1.165) is 18.5 Å². The van der Waals surface area contributed by atoms with Gasteiger partial charge in [-0.15, -0.1) is 0 Å². The van der Waals surface area contributed by atoms with Crippen molar-refractivity contribution in [2.24, 2.45) is 0 Å². The molecule has 1 aliphatic heterocycles. The number of nitrogens with zero attached hydrogens (tertiary/aromatic N) is 3. The lowest BCUT2D eigenvalue weighted by Crippen LogP contribution is -2.40. The van der Waals surface area contributed by atoms with E-state index in [4.69, 9.17) is 0 Å². The predicted molar refractivity (Wildman–Crippen MR) is 75.2 cm³/mol. The Balaban J connectivity index is 1.78. The molecule has 20 heavy (non-hydrogen) atoms. The third-order valence-corrected chi connectivity index (χ3v) is 5.38. The first-order valence-corrected chi connectivity index (χ1v) is 8.85. The summed E-state index contributed by atoms with van der Waals surface area (Å²) in [4.78, 5) is 12.0. The monoisotopic (exact) mass is 297 g/mol. The fourth-order valence-corrected chi connectivity index (χ4v) is 3.59. The van der Waals surface area contributed by atoms with Gasteiger partial charge in [0, 0.05) is 25.1 Å².